The summed E-state index contributed by atoms with van der Waals surface area (Å²) in [5.41, 5.74) is 5.47. The molecule has 2 aromatic rings. The van der Waals surface area contributed by atoms with Crippen molar-refractivity contribution in [2.45, 2.75) is 25.4 Å². The fraction of sp³-hybridized carbons (Fsp3) is 0.320. The number of fused-ring (bicyclic) bond motifs is 2. The van der Waals surface area contributed by atoms with E-state index >= 15 is 0 Å². The Balaban J connectivity index is 1.97. The number of benzene rings is 2. The van der Waals surface area contributed by atoms with E-state index in [0.29, 0.717) is 11.3 Å². The van der Waals surface area contributed by atoms with Crippen LogP contribution in [0.3, 0.4) is 0 Å². The molecule has 1 unspecified atom stereocenters. The van der Waals surface area contributed by atoms with Crippen LogP contribution in [0.15, 0.2) is 42.0 Å². The molecular weight excluding hydrogens is 408 g/mol. The van der Waals surface area contributed by atoms with Crippen molar-refractivity contribution in [2.24, 2.45) is 0 Å². The summed E-state index contributed by atoms with van der Waals surface area (Å²) in [6.07, 6.45) is 2.16. The van der Waals surface area contributed by atoms with Gasteiger partial charge in [-0.2, -0.15) is 0 Å². The lowest BCUT2D eigenvalue weighted by atomic mass is 9.79. The van der Waals surface area contributed by atoms with Crippen LogP contribution in [0.5, 0.6) is 5.75 Å². The highest BCUT2D eigenvalue weighted by molar-refractivity contribution is 6.02. The third-order valence-electron chi connectivity index (χ3n) is 6.23. The predicted molar refractivity (Wildman–Crippen MR) is 123 cm³/mol. The molecule has 0 spiro atoms. The SMILES string of the molecule is CN(C)c1ccc2c(c1)OC1CC(=[N+](C)C)CCC1=C2c1ccc(C(=O)O)cc1C(=O)O. The van der Waals surface area contributed by atoms with E-state index in [2.05, 4.69) is 4.58 Å². The number of ether oxygens (including phenoxy) is 1. The third-order valence-corrected chi connectivity index (χ3v) is 6.23. The van der Waals surface area contributed by atoms with Crippen molar-refractivity contribution in [1.29, 1.82) is 0 Å². The standard InChI is InChI=1S/C25H26N2O5/c1-26(2)15-6-9-18-21(12-15)32-22-13-16(27(3)4)7-10-19(22)23(18)17-8-5-14(24(28)29)11-20(17)25(30)31/h5-6,8-9,11-12,22H,7,10,13H2,1-4H3,(H-,28,29,30,31)/p+1. The molecule has 1 aliphatic heterocycles. The van der Waals surface area contributed by atoms with Gasteiger partial charge in [0.1, 0.15) is 25.9 Å². The summed E-state index contributed by atoms with van der Waals surface area (Å²) in [6.45, 7) is 0. The highest BCUT2D eigenvalue weighted by atomic mass is 16.5. The lowest BCUT2D eigenvalue weighted by molar-refractivity contribution is -0.467. The van der Waals surface area contributed by atoms with Crippen molar-refractivity contribution in [3.8, 4) is 5.75 Å². The zero-order valence-electron chi connectivity index (χ0n) is 18.7. The van der Waals surface area contributed by atoms with Gasteiger partial charge in [0.2, 0.25) is 0 Å². The average molecular weight is 436 g/mol. The van der Waals surface area contributed by atoms with Gasteiger partial charge in [-0.1, -0.05) is 6.07 Å². The predicted octanol–water partition coefficient (Wildman–Crippen LogP) is 3.61. The molecule has 1 aliphatic carbocycles. The van der Waals surface area contributed by atoms with Crippen molar-refractivity contribution in [3.63, 3.8) is 0 Å². The second-order valence-electron chi connectivity index (χ2n) is 8.62. The fourth-order valence-electron chi connectivity index (χ4n) is 4.49. The Morgan fingerprint density at radius 3 is 2.34 bits per heavy atom. The number of anilines is 1. The number of aromatic carboxylic acids is 2. The highest BCUT2D eigenvalue weighted by Gasteiger charge is 2.36. The molecule has 32 heavy (non-hydrogen) atoms. The van der Waals surface area contributed by atoms with Crippen LogP contribution in [-0.4, -0.2) is 66.7 Å². The fourth-order valence-corrected chi connectivity index (χ4v) is 4.49. The monoisotopic (exact) mass is 435 g/mol. The number of carboxylic acids is 2. The van der Waals surface area contributed by atoms with Crippen LogP contribution in [0.2, 0.25) is 0 Å². The molecule has 7 heteroatoms. The smallest absolute Gasteiger partial charge is 0.336 e. The number of hydrogen-bond donors (Lipinski definition) is 2. The summed E-state index contributed by atoms with van der Waals surface area (Å²) in [7, 11) is 7.97. The molecule has 0 amide bonds. The summed E-state index contributed by atoms with van der Waals surface area (Å²) < 4.78 is 8.57. The summed E-state index contributed by atoms with van der Waals surface area (Å²) in [4.78, 5) is 25.6. The number of nitrogens with zero attached hydrogens (tertiary/aromatic N) is 2. The Hall–Kier alpha value is -3.61. The van der Waals surface area contributed by atoms with Gasteiger partial charge in [0, 0.05) is 37.8 Å². The van der Waals surface area contributed by atoms with Gasteiger partial charge in [0.15, 0.2) is 5.71 Å². The highest BCUT2D eigenvalue weighted by Crippen LogP contribution is 2.46. The minimum Gasteiger partial charge on any atom is -0.485 e. The van der Waals surface area contributed by atoms with Crippen molar-refractivity contribution < 1.29 is 29.1 Å². The summed E-state index contributed by atoms with van der Waals surface area (Å²) in [5.74, 6) is -1.60. The summed E-state index contributed by atoms with van der Waals surface area (Å²) in [5, 5.41) is 19.3. The Morgan fingerprint density at radius 2 is 1.72 bits per heavy atom. The van der Waals surface area contributed by atoms with Gasteiger partial charge in [-0.15, -0.1) is 0 Å². The second-order valence-corrected chi connectivity index (χ2v) is 8.62. The van der Waals surface area contributed by atoms with E-state index in [0.717, 1.165) is 41.7 Å². The second kappa shape index (κ2) is 8.15. The maximum Gasteiger partial charge on any atom is 0.336 e. The Bertz CT molecular complexity index is 1190. The zero-order valence-corrected chi connectivity index (χ0v) is 18.7. The van der Waals surface area contributed by atoms with Gasteiger partial charge >= 0.3 is 11.9 Å². The van der Waals surface area contributed by atoms with E-state index in [4.69, 9.17) is 4.74 Å². The quantitative estimate of drug-likeness (QED) is 0.713. The Labute approximate surface area is 186 Å². The van der Waals surface area contributed by atoms with Crippen LogP contribution in [0.4, 0.5) is 5.69 Å². The molecule has 1 atom stereocenters. The summed E-state index contributed by atoms with van der Waals surface area (Å²) >= 11 is 0. The van der Waals surface area contributed by atoms with Crippen molar-refractivity contribution in [1.82, 2.24) is 0 Å². The largest absolute Gasteiger partial charge is 0.485 e. The molecule has 0 bridgehead atoms. The van der Waals surface area contributed by atoms with Gasteiger partial charge < -0.3 is 19.8 Å². The lowest BCUT2D eigenvalue weighted by Gasteiger charge is -2.35. The molecule has 0 aromatic heterocycles. The van der Waals surface area contributed by atoms with E-state index < -0.39 is 11.9 Å². The Morgan fingerprint density at radius 1 is 1.00 bits per heavy atom. The molecule has 7 nitrogen and oxygen atoms in total. The van der Waals surface area contributed by atoms with E-state index in [1.807, 2.05) is 51.3 Å². The van der Waals surface area contributed by atoms with Gasteiger partial charge in [0.25, 0.3) is 0 Å². The molecule has 0 saturated heterocycles. The minimum atomic E-state index is -1.15. The van der Waals surface area contributed by atoms with Crippen molar-refractivity contribution >= 4 is 28.9 Å². The first-order valence-electron chi connectivity index (χ1n) is 10.5. The minimum absolute atomic E-state index is 0.0157. The zero-order chi connectivity index (χ0) is 23.2. The van der Waals surface area contributed by atoms with Crippen LogP contribution in [0.25, 0.3) is 5.57 Å². The van der Waals surface area contributed by atoms with E-state index in [9.17, 15) is 19.8 Å². The molecular formula is C25H27N2O5+. The molecule has 2 N–H and O–H groups in total. The van der Waals surface area contributed by atoms with Crippen molar-refractivity contribution in [3.05, 3.63) is 64.2 Å². The first-order chi connectivity index (χ1) is 15.2. The molecule has 0 radical (unpaired) electrons. The van der Waals surface area contributed by atoms with E-state index in [1.165, 1.54) is 17.8 Å². The number of rotatable bonds is 4. The maximum atomic E-state index is 12.1. The van der Waals surface area contributed by atoms with Gasteiger partial charge in [-0.3, -0.25) is 0 Å². The number of hydrogen-bond acceptors (Lipinski definition) is 4. The lowest BCUT2D eigenvalue weighted by Crippen LogP contribution is -2.34. The molecule has 2 aliphatic rings. The average Bonchev–Trinajstić information content (AvgIpc) is 2.75. The maximum absolute atomic E-state index is 12.1. The number of carboxylic acid groups (broad SMARTS) is 2. The normalized spacial score (nSPS) is 17.2. The van der Waals surface area contributed by atoms with Crippen LogP contribution in [0.1, 0.15) is 51.1 Å². The van der Waals surface area contributed by atoms with Crippen LogP contribution in [-0.2, 0) is 0 Å². The molecule has 2 aromatic carbocycles. The molecule has 1 saturated carbocycles. The van der Waals surface area contributed by atoms with Crippen LogP contribution in [0, 0.1) is 0 Å². The first-order valence-corrected chi connectivity index (χ1v) is 10.5. The van der Waals surface area contributed by atoms with E-state index in [1.54, 1.807) is 6.07 Å². The molecule has 4 rings (SSSR count). The van der Waals surface area contributed by atoms with Gasteiger partial charge in [-0.05, 0) is 47.4 Å². The Kier molecular flexibility index (Phi) is 5.50. The molecule has 1 fully saturated rings. The van der Waals surface area contributed by atoms with Gasteiger partial charge in [0.05, 0.1) is 17.5 Å². The first kappa shape index (κ1) is 21.6. The molecule has 166 valence electrons. The van der Waals surface area contributed by atoms with Gasteiger partial charge in [-0.25, -0.2) is 14.2 Å². The molecule has 1 heterocycles. The summed E-state index contributed by atoms with van der Waals surface area (Å²) in [6, 6.07) is 10.2. The van der Waals surface area contributed by atoms with E-state index in [-0.39, 0.29) is 17.2 Å². The topological polar surface area (TPSA) is 90.1 Å². The van der Waals surface area contributed by atoms with Crippen LogP contribution >= 0.6 is 0 Å². The number of carbonyl (C=O) groups is 2. The van der Waals surface area contributed by atoms with Crippen molar-refractivity contribution in [2.75, 3.05) is 33.1 Å². The van der Waals surface area contributed by atoms with Crippen LogP contribution < -0.4 is 9.64 Å². The third kappa shape index (κ3) is 3.75.